The van der Waals surface area contributed by atoms with E-state index < -0.39 is 5.56 Å². The van der Waals surface area contributed by atoms with Gasteiger partial charge in [-0.1, -0.05) is 30.4 Å². The van der Waals surface area contributed by atoms with Gasteiger partial charge in [0.1, 0.15) is 11.4 Å². The van der Waals surface area contributed by atoms with Gasteiger partial charge in [-0.05, 0) is 43.4 Å². The molecule has 0 aliphatic carbocycles. The second-order valence-corrected chi connectivity index (χ2v) is 8.42. The third kappa shape index (κ3) is 4.46. The van der Waals surface area contributed by atoms with E-state index in [9.17, 15) is 9.59 Å². The normalized spacial score (nSPS) is 14.8. The largest absolute Gasteiger partial charge is 0.494 e. The second-order valence-electron chi connectivity index (χ2n) is 7.49. The maximum absolute atomic E-state index is 12.8. The van der Waals surface area contributed by atoms with Crippen molar-refractivity contribution in [1.82, 2.24) is 19.9 Å². The number of hydrogen-bond acceptors (Lipinski definition) is 7. The van der Waals surface area contributed by atoms with E-state index in [1.165, 1.54) is 21.9 Å². The molecule has 1 fully saturated rings. The number of carbonyl (C=O) groups is 1. The zero-order valence-electron chi connectivity index (χ0n) is 17.1. The number of piperidine rings is 1. The summed E-state index contributed by atoms with van der Waals surface area (Å²) < 4.78 is 6.91. The number of rotatable bonds is 6. The van der Waals surface area contributed by atoms with Gasteiger partial charge in [-0.15, -0.1) is 5.10 Å². The fourth-order valence-corrected chi connectivity index (χ4v) is 4.40. The summed E-state index contributed by atoms with van der Waals surface area (Å²) in [6.45, 7) is 6.97. The minimum absolute atomic E-state index is 0.198. The lowest BCUT2D eigenvalue weighted by Gasteiger charge is -2.29. The fraction of sp³-hybridized carbons (Fsp3) is 0.429. The first-order chi connectivity index (χ1) is 14.5. The molecule has 1 aliphatic rings. The molecule has 3 heterocycles. The number of carbonyl (C=O) groups excluding carboxylic acids is 1. The molecule has 30 heavy (non-hydrogen) atoms. The second kappa shape index (κ2) is 8.83. The van der Waals surface area contributed by atoms with Crippen LogP contribution in [-0.4, -0.2) is 40.2 Å². The van der Waals surface area contributed by atoms with Gasteiger partial charge in [0.25, 0.3) is 11.5 Å². The Balaban J connectivity index is 1.52. The Kier molecular flexibility index (Phi) is 5.98. The standard InChI is InChI=1S/C21H25N5O3S/c1-3-29-16-6-4-15(5-7-16)13-22-19(28)17-12-18(27)23-20-26(17)24-21(30-20)25-10-8-14(2)9-11-25/h4-7,12,14H,3,8-11,13H2,1-2H3,(H,22,28). The summed E-state index contributed by atoms with van der Waals surface area (Å²) in [7, 11) is 0. The number of fused-ring (bicyclic) bond motifs is 1. The van der Waals surface area contributed by atoms with Crippen LogP contribution in [0.3, 0.4) is 0 Å². The Hall–Kier alpha value is -2.94. The molecule has 4 rings (SSSR count). The Morgan fingerprint density at radius 3 is 2.70 bits per heavy atom. The first kappa shape index (κ1) is 20.3. The van der Waals surface area contributed by atoms with Crippen molar-refractivity contribution < 1.29 is 9.53 Å². The number of hydrogen-bond donors (Lipinski definition) is 1. The maximum atomic E-state index is 12.8. The van der Waals surface area contributed by atoms with Crippen LogP contribution in [0.5, 0.6) is 5.75 Å². The van der Waals surface area contributed by atoms with Crippen molar-refractivity contribution in [3.63, 3.8) is 0 Å². The van der Waals surface area contributed by atoms with Gasteiger partial charge < -0.3 is 15.0 Å². The Morgan fingerprint density at radius 1 is 1.27 bits per heavy atom. The van der Waals surface area contributed by atoms with Crippen molar-refractivity contribution in [2.24, 2.45) is 5.92 Å². The lowest BCUT2D eigenvalue weighted by atomic mass is 10.00. The van der Waals surface area contributed by atoms with Crippen molar-refractivity contribution in [3.05, 3.63) is 51.9 Å². The van der Waals surface area contributed by atoms with Crippen LogP contribution >= 0.6 is 11.3 Å². The highest BCUT2D eigenvalue weighted by Crippen LogP contribution is 2.27. The van der Waals surface area contributed by atoms with Gasteiger partial charge in [-0.2, -0.15) is 9.50 Å². The van der Waals surface area contributed by atoms with Gasteiger partial charge in [0.05, 0.1) is 6.61 Å². The Morgan fingerprint density at radius 2 is 2.00 bits per heavy atom. The van der Waals surface area contributed by atoms with Crippen LogP contribution in [0.25, 0.3) is 4.96 Å². The lowest BCUT2D eigenvalue weighted by Crippen LogP contribution is -2.32. The van der Waals surface area contributed by atoms with Gasteiger partial charge in [0.15, 0.2) is 0 Å². The molecule has 1 aliphatic heterocycles. The Labute approximate surface area is 178 Å². The minimum atomic E-state index is -0.441. The lowest BCUT2D eigenvalue weighted by molar-refractivity contribution is 0.0943. The van der Waals surface area contributed by atoms with Gasteiger partial charge in [0.2, 0.25) is 10.1 Å². The van der Waals surface area contributed by atoms with Crippen molar-refractivity contribution in [3.8, 4) is 5.75 Å². The smallest absolute Gasteiger partial charge is 0.274 e. The number of aromatic nitrogens is 3. The van der Waals surface area contributed by atoms with Crippen molar-refractivity contribution in [1.29, 1.82) is 0 Å². The predicted octanol–water partition coefficient (Wildman–Crippen LogP) is 2.72. The van der Waals surface area contributed by atoms with Crippen LogP contribution in [0.15, 0.2) is 35.1 Å². The fourth-order valence-electron chi connectivity index (χ4n) is 3.44. The van der Waals surface area contributed by atoms with Crippen LogP contribution in [0.1, 0.15) is 42.7 Å². The van der Waals surface area contributed by atoms with Crippen molar-refractivity contribution in [2.45, 2.75) is 33.2 Å². The molecule has 3 aromatic rings. The number of benzene rings is 1. The monoisotopic (exact) mass is 427 g/mol. The van der Waals surface area contributed by atoms with E-state index in [1.807, 2.05) is 31.2 Å². The number of ether oxygens (including phenoxy) is 1. The Bertz CT molecular complexity index is 1080. The molecule has 0 spiro atoms. The van der Waals surface area contributed by atoms with E-state index in [2.05, 4.69) is 27.2 Å². The number of nitrogens with one attached hydrogen (secondary N) is 1. The van der Waals surface area contributed by atoms with Crippen LogP contribution in [0.2, 0.25) is 0 Å². The van der Waals surface area contributed by atoms with E-state index >= 15 is 0 Å². The zero-order chi connectivity index (χ0) is 21.1. The SMILES string of the molecule is CCOc1ccc(CNC(=O)c2cc(=O)nc3sc(N4CCC(C)CC4)nn23)cc1. The van der Waals surface area contributed by atoms with Gasteiger partial charge in [0, 0.05) is 25.7 Å². The third-order valence-corrected chi connectivity index (χ3v) is 6.19. The molecule has 2 aromatic heterocycles. The molecular formula is C21H25N5O3S. The van der Waals surface area contributed by atoms with Gasteiger partial charge in [-0.25, -0.2) is 0 Å². The van der Waals surface area contributed by atoms with Crippen molar-refractivity contribution >= 4 is 27.3 Å². The van der Waals surface area contributed by atoms with Crippen LogP contribution in [0.4, 0.5) is 5.13 Å². The highest BCUT2D eigenvalue weighted by molar-refractivity contribution is 7.20. The van der Waals surface area contributed by atoms with Gasteiger partial charge >= 0.3 is 0 Å². The number of amides is 1. The molecule has 0 unspecified atom stereocenters. The quantitative estimate of drug-likeness (QED) is 0.651. The zero-order valence-corrected chi connectivity index (χ0v) is 17.9. The van der Waals surface area contributed by atoms with E-state index in [1.54, 1.807) is 0 Å². The van der Waals surface area contributed by atoms with E-state index in [-0.39, 0.29) is 11.6 Å². The highest BCUT2D eigenvalue weighted by Gasteiger charge is 2.21. The van der Waals surface area contributed by atoms with E-state index in [0.717, 1.165) is 42.4 Å². The molecule has 0 saturated carbocycles. The molecule has 1 N–H and O–H groups in total. The molecule has 158 valence electrons. The summed E-state index contributed by atoms with van der Waals surface area (Å²) in [6.07, 6.45) is 2.21. The van der Waals surface area contributed by atoms with Crippen molar-refractivity contribution in [2.75, 3.05) is 24.6 Å². The average Bonchev–Trinajstić information content (AvgIpc) is 3.17. The molecule has 1 saturated heterocycles. The molecule has 9 heteroatoms. The molecule has 1 aromatic carbocycles. The number of nitrogens with zero attached hydrogens (tertiary/aromatic N) is 4. The van der Waals surface area contributed by atoms with Gasteiger partial charge in [-0.3, -0.25) is 9.59 Å². The topological polar surface area (TPSA) is 88.8 Å². The third-order valence-electron chi connectivity index (χ3n) is 5.22. The van der Waals surface area contributed by atoms with Crippen LogP contribution < -0.4 is 20.5 Å². The summed E-state index contributed by atoms with van der Waals surface area (Å²) in [5.41, 5.74) is 0.693. The van der Waals surface area contributed by atoms with E-state index in [4.69, 9.17) is 4.74 Å². The molecule has 0 radical (unpaired) electrons. The molecule has 1 amide bonds. The molecule has 0 bridgehead atoms. The summed E-state index contributed by atoms with van der Waals surface area (Å²) in [5, 5.41) is 8.25. The van der Waals surface area contributed by atoms with Crippen LogP contribution in [0, 0.1) is 5.92 Å². The summed E-state index contributed by atoms with van der Waals surface area (Å²) in [5.74, 6) is 1.14. The molecule has 8 nitrogen and oxygen atoms in total. The first-order valence-corrected chi connectivity index (χ1v) is 11.0. The van der Waals surface area contributed by atoms with Crippen LogP contribution in [-0.2, 0) is 6.54 Å². The first-order valence-electron chi connectivity index (χ1n) is 10.2. The summed E-state index contributed by atoms with van der Waals surface area (Å²) in [6, 6.07) is 8.77. The summed E-state index contributed by atoms with van der Waals surface area (Å²) in [4.78, 5) is 31.5. The molecule has 0 atom stereocenters. The van der Waals surface area contributed by atoms with E-state index in [0.29, 0.717) is 24.0 Å². The predicted molar refractivity (Wildman–Crippen MR) is 117 cm³/mol. The molecular weight excluding hydrogens is 402 g/mol. The maximum Gasteiger partial charge on any atom is 0.274 e. The highest BCUT2D eigenvalue weighted by atomic mass is 32.1. The average molecular weight is 428 g/mol. The number of anilines is 1. The summed E-state index contributed by atoms with van der Waals surface area (Å²) >= 11 is 1.34. The minimum Gasteiger partial charge on any atom is -0.494 e.